The molecule has 3 aromatic rings. The highest BCUT2D eigenvalue weighted by Crippen LogP contribution is 2.28. The van der Waals surface area contributed by atoms with Crippen molar-refractivity contribution in [3.05, 3.63) is 66.1 Å². The Morgan fingerprint density at radius 3 is 2.96 bits per heavy atom. The number of nitrogens with one attached hydrogen (secondary N) is 2. The number of pyridine rings is 1. The van der Waals surface area contributed by atoms with Gasteiger partial charge in [-0.15, -0.1) is 0 Å². The first-order valence-electron chi connectivity index (χ1n) is 9.28. The number of H-pyrrole nitrogens is 1. The molecule has 4 rings (SSSR count). The van der Waals surface area contributed by atoms with Crippen LogP contribution in [0.1, 0.15) is 28.8 Å². The predicted molar refractivity (Wildman–Crippen MR) is 103 cm³/mol. The van der Waals surface area contributed by atoms with Crippen LogP contribution in [0, 0.1) is 0 Å². The molecule has 0 spiro atoms. The van der Waals surface area contributed by atoms with Crippen LogP contribution in [0.3, 0.4) is 0 Å². The van der Waals surface area contributed by atoms with Crippen molar-refractivity contribution < 1.29 is 14.0 Å². The van der Waals surface area contributed by atoms with Gasteiger partial charge < -0.3 is 15.2 Å². The summed E-state index contributed by atoms with van der Waals surface area (Å²) < 4.78 is 15.4. The summed E-state index contributed by atoms with van der Waals surface area (Å²) in [6.45, 7) is 0.391. The molecule has 1 saturated heterocycles. The number of nitrogens with zero attached hydrogens (tertiary/aromatic N) is 2. The molecule has 6 nitrogen and oxygen atoms in total. The van der Waals surface area contributed by atoms with Crippen LogP contribution in [0.2, 0.25) is 0 Å². The average Bonchev–Trinajstić information content (AvgIpc) is 3.21. The summed E-state index contributed by atoms with van der Waals surface area (Å²) in [5.74, 6) is -0.944. The van der Waals surface area contributed by atoms with Crippen molar-refractivity contribution in [2.24, 2.45) is 0 Å². The standard InChI is InChI=1S/C21H21FN4O2/c22-21(20(28)25-13-15-4-2-9-23-12-15)8-3-11-26(14-21)19(27)17-5-1-6-18-16(17)7-10-24-18/h1-2,4-7,9-10,12,24H,3,8,11,13-14H2,(H,25,28). The number of aromatic amines is 1. The zero-order chi connectivity index (χ0) is 19.6. The minimum Gasteiger partial charge on any atom is -0.361 e. The van der Waals surface area contributed by atoms with Gasteiger partial charge in [-0.2, -0.15) is 0 Å². The van der Waals surface area contributed by atoms with E-state index in [0.717, 1.165) is 16.5 Å². The summed E-state index contributed by atoms with van der Waals surface area (Å²) in [6.07, 6.45) is 5.57. The van der Waals surface area contributed by atoms with E-state index in [1.165, 1.54) is 4.90 Å². The number of alkyl halides is 1. The molecule has 7 heteroatoms. The Kier molecular flexibility index (Phi) is 4.81. The first kappa shape index (κ1) is 18.2. The molecule has 2 N–H and O–H groups in total. The Hall–Kier alpha value is -3.22. The molecule has 3 heterocycles. The fourth-order valence-electron chi connectivity index (χ4n) is 3.66. The van der Waals surface area contributed by atoms with E-state index in [9.17, 15) is 9.59 Å². The maximum absolute atomic E-state index is 15.4. The fraction of sp³-hybridized carbons (Fsp3) is 0.286. The van der Waals surface area contributed by atoms with Crippen molar-refractivity contribution in [1.82, 2.24) is 20.2 Å². The molecular formula is C21H21FN4O2. The number of hydrogen-bond acceptors (Lipinski definition) is 3. The third-order valence-electron chi connectivity index (χ3n) is 5.14. The minimum atomic E-state index is -2.10. The Labute approximate surface area is 161 Å². The van der Waals surface area contributed by atoms with Gasteiger partial charge in [-0.3, -0.25) is 14.6 Å². The summed E-state index contributed by atoms with van der Waals surface area (Å²) >= 11 is 0. The van der Waals surface area contributed by atoms with E-state index < -0.39 is 11.6 Å². The van der Waals surface area contributed by atoms with Crippen molar-refractivity contribution >= 4 is 22.7 Å². The lowest BCUT2D eigenvalue weighted by molar-refractivity contribution is -0.136. The van der Waals surface area contributed by atoms with Crippen LogP contribution in [-0.4, -0.2) is 45.4 Å². The number of carbonyl (C=O) groups is 2. The molecule has 1 aliphatic rings. The first-order valence-corrected chi connectivity index (χ1v) is 9.28. The Morgan fingerprint density at radius 1 is 1.25 bits per heavy atom. The second-order valence-electron chi connectivity index (χ2n) is 7.08. The fourth-order valence-corrected chi connectivity index (χ4v) is 3.66. The highest BCUT2D eigenvalue weighted by Gasteiger charge is 2.44. The Morgan fingerprint density at radius 2 is 2.14 bits per heavy atom. The summed E-state index contributed by atoms with van der Waals surface area (Å²) in [7, 11) is 0. The van der Waals surface area contributed by atoms with Crippen molar-refractivity contribution in [3.63, 3.8) is 0 Å². The van der Waals surface area contributed by atoms with Gasteiger partial charge >= 0.3 is 0 Å². The molecule has 0 saturated carbocycles. The van der Waals surface area contributed by atoms with Gasteiger partial charge in [-0.05, 0) is 42.7 Å². The number of fused-ring (bicyclic) bond motifs is 1. The molecule has 2 amide bonds. The summed E-state index contributed by atoms with van der Waals surface area (Å²) in [5.41, 5.74) is 0.0620. The predicted octanol–water partition coefficient (Wildman–Crippen LogP) is 2.82. The van der Waals surface area contributed by atoms with E-state index >= 15 is 4.39 Å². The lowest BCUT2D eigenvalue weighted by Gasteiger charge is -2.36. The molecule has 1 aromatic carbocycles. The lowest BCUT2D eigenvalue weighted by atomic mass is 9.93. The van der Waals surface area contributed by atoms with E-state index in [1.807, 2.05) is 18.2 Å². The summed E-state index contributed by atoms with van der Waals surface area (Å²) in [4.78, 5) is 34.0. The molecule has 1 unspecified atom stereocenters. The number of carbonyl (C=O) groups excluding carboxylic acids is 2. The Bertz CT molecular complexity index is 1000. The smallest absolute Gasteiger partial charge is 0.259 e. The summed E-state index contributed by atoms with van der Waals surface area (Å²) in [6, 6.07) is 10.8. The number of aromatic nitrogens is 2. The number of likely N-dealkylation sites (tertiary alicyclic amines) is 1. The van der Waals surface area contributed by atoms with Gasteiger partial charge in [0.1, 0.15) is 0 Å². The SMILES string of the molecule is O=C(c1cccc2[nH]ccc12)N1CCCC(F)(C(=O)NCc2cccnc2)C1. The largest absolute Gasteiger partial charge is 0.361 e. The molecule has 0 aliphatic carbocycles. The first-order chi connectivity index (χ1) is 13.6. The second-order valence-corrected chi connectivity index (χ2v) is 7.08. The van der Waals surface area contributed by atoms with E-state index in [1.54, 1.807) is 36.8 Å². The number of rotatable bonds is 4. The second kappa shape index (κ2) is 7.42. The van der Waals surface area contributed by atoms with Crippen LogP contribution >= 0.6 is 0 Å². The lowest BCUT2D eigenvalue weighted by Crippen LogP contribution is -2.55. The van der Waals surface area contributed by atoms with Crippen LogP contribution in [0.5, 0.6) is 0 Å². The van der Waals surface area contributed by atoms with Crippen LogP contribution in [-0.2, 0) is 11.3 Å². The molecule has 28 heavy (non-hydrogen) atoms. The van der Waals surface area contributed by atoms with E-state index in [-0.39, 0.29) is 25.4 Å². The molecule has 2 aromatic heterocycles. The van der Waals surface area contributed by atoms with Crippen LogP contribution < -0.4 is 5.32 Å². The number of halogens is 1. The van der Waals surface area contributed by atoms with Crippen molar-refractivity contribution in [1.29, 1.82) is 0 Å². The molecule has 0 bridgehead atoms. The molecule has 1 atom stereocenters. The molecular weight excluding hydrogens is 359 g/mol. The Balaban J connectivity index is 1.47. The third-order valence-corrected chi connectivity index (χ3v) is 5.14. The van der Waals surface area contributed by atoms with Crippen LogP contribution in [0.15, 0.2) is 55.0 Å². The third kappa shape index (κ3) is 3.47. The maximum Gasteiger partial charge on any atom is 0.259 e. The van der Waals surface area contributed by atoms with Crippen LogP contribution in [0.4, 0.5) is 4.39 Å². The zero-order valence-electron chi connectivity index (χ0n) is 15.3. The maximum atomic E-state index is 15.4. The normalized spacial score (nSPS) is 19.5. The van der Waals surface area contributed by atoms with Gasteiger partial charge in [0.25, 0.3) is 11.8 Å². The molecule has 1 fully saturated rings. The van der Waals surface area contributed by atoms with Gasteiger partial charge in [0.2, 0.25) is 5.67 Å². The molecule has 144 valence electrons. The number of piperidine rings is 1. The van der Waals surface area contributed by atoms with Gasteiger partial charge in [-0.1, -0.05) is 12.1 Å². The van der Waals surface area contributed by atoms with Gasteiger partial charge in [0.15, 0.2) is 0 Å². The van der Waals surface area contributed by atoms with Gasteiger partial charge in [0.05, 0.1) is 6.54 Å². The number of hydrogen-bond donors (Lipinski definition) is 2. The topological polar surface area (TPSA) is 78.1 Å². The molecule has 0 radical (unpaired) electrons. The molecule has 1 aliphatic heterocycles. The van der Waals surface area contributed by atoms with Crippen molar-refractivity contribution in [2.45, 2.75) is 25.1 Å². The van der Waals surface area contributed by atoms with Crippen molar-refractivity contribution in [2.75, 3.05) is 13.1 Å². The van der Waals surface area contributed by atoms with E-state index in [2.05, 4.69) is 15.3 Å². The average molecular weight is 380 g/mol. The van der Waals surface area contributed by atoms with E-state index in [0.29, 0.717) is 18.5 Å². The van der Waals surface area contributed by atoms with Crippen molar-refractivity contribution in [3.8, 4) is 0 Å². The monoisotopic (exact) mass is 380 g/mol. The number of amides is 2. The van der Waals surface area contributed by atoms with Gasteiger partial charge in [0, 0.05) is 48.1 Å². The summed E-state index contributed by atoms with van der Waals surface area (Å²) in [5, 5.41) is 3.43. The van der Waals surface area contributed by atoms with E-state index in [4.69, 9.17) is 0 Å². The number of benzene rings is 1. The highest BCUT2D eigenvalue weighted by molar-refractivity contribution is 6.06. The van der Waals surface area contributed by atoms with Crippen LogP contribution in [0.25, 0.3) is 10.9 Å². The van der Waals surface area contributed by atoms with Gasteiger partial charge in [-0.25, -0.2) is 4.39 Å². The zero-order valence-corrected chi connectivity index (χ0v) is 15.3. The quantitative estimate of drug-likeness (QED) is 0.731. The minimum absolute atomic E-state index is 0.101. The highest BCUT2D eigenvalue weighted by atomic mass is 19.1.